The summed E-state index contributed by atoms with van der Waals surface area (Å²) in [4.78, 5) is 17.8. The van der Waals surface area contributed by atoms with E-state index >= 15 is 0 Å². The fraction of sp³-hybridized carbons (Fsp3) is 0.600. The minimum atomic E-state index is -0.0867. The number of halogens is 1. The molecule has 0 aliphatic rings. The monoisotopic (exact) mass is 229 g/mol. The van der Waals surface area contributed by atoms with Gasteiger partial charge in [-0.3, -0.25) is 4.79 Å². The summed E-state index contributed by atoms with van der Waals surface area (Å²) in [5.74, 6) is 0.952. The van der Waals surface area contributed by atoms with Crippen molar-refractivity contribution in [2.75, 3.05) is 17.3 Å². The predicted molar refractivity (Wildman–Crippen MR) is 62.7 cm³/mol. The van der Waals surface area contributed by atoms with Gasteiger partial charge in [-0.1, -0.05) is 0 Å². The molecule has 0 N–H and O–H groups in total. The maximum Gasteiger partial charge on any atom is 0.293 e. The average molecular weight is 230 g/mol. The third kappa shape index (κ3) is 2.72. The van der Waals surface area contributed by atoms with Crippen molar-refractivity contribution in [1.29, 1.82) is 0 Å². The van der Waals surface area contributed by atoms with Crippen molar-refractivity contribution in [2.24, 2.45) is 7.05 Å². The molecule has 1 heterocycles. The van der Waals surface area contributed by atoms with Gasteiger partial charge in [-0.25, -0.2) is 4.98 Å². The molecule has 0 fully saturated rings. The molecule has 0 saturated carbocycles. The van der Waals surface area contributed by atoms with Crippen LogP contribution in [0.5, 0.6) is 0 Å². The van der Waals surface area contributed by atoms with Gasteiger partial charge in [0.1, 0.15) is 0 Å². The van der Waals surface area contributed by atoms with E-state index in [4.69, 9.17) is 11.6 Å². The SMILES string of the molecule is CC(C)N(CCCl)c1nccn(C)c1=O. The fourth-order valence-electron chi connectivity index (χ4n) is 1.38. The van der Waals surface area contributed by atoms with E-state index in [0.29, 0.717) is 18.2 Å². The molecule has 4 nitrogen and oxygen atoms in total. The first-order valence-electron chi connectivity index (χ1n) is 4.92. The number of hydrogen-bond donors (Lipinski definition) is 0. The molecular weight excluding hydrogens is 214 g/mol. The van der Waals surface area contributed by atoms with Crippen molar-refractivity contribution >= 4 is 17.4 Å². The molecule has 0 aromatic carbocycles. The number of hydrogen-bond acceptors (Lipinski definition) is 3. The summed E-state index contributed by atoms with van der Waals surface area (Å²) in [6.45, 7) is 4.66. The Morgan fingerprint density at radius 3 is 2.80 bits per heavy atom. The van der Waals surface area contributed by atoms with Gasteiger partial charge in [0.05, 0.1) is 0 Å². The van der Waals surface area contributed by atoms with Crippen LogP contribution in [0.2, 0.25) is 0 Å². The maximum absolute atomic E-state index is 11.8. The Morgan fingerprint density at radius 1 is 1.60 bits per heavy atom. The Balaban J connectivity index is 3.11. The number of aromatic nitrogens is 2. The second kappa shape index (κ2) is 5.16. The Morgan fingerprint density at radius 2 is 2.27 bits per heavy atom. The number of nitrogens with zero attached hydrogens (tertiary/aromatic N) is 3. The summed E-state index contributed by atoms with van der Waals surface area (Å²) in [6.07, 6.45) is 3.27. The summed E-state index contributed by atoms with van der Waals surface area (Å²) in [5.41, 5.74) is -0.0867. The molecular formula is C10H16ClN3O. The first-order chi connectivity index (χ1) is 7.07. The van der Waals surface area contributed by atoms with Crippen LogP contribution in [0.15, 0.2) is 17.2 Å². The lowest BCUT2D eigenvalue weighted by atomic mass is 10.3. The molecule has 1 rings (SSSR count). The highest BCUT2D eigenvalue weighted by Gasteiger charge is 2.15. The maximum atomic E-state index is 11.8. The normalized spacial score (nSPS) is 10.7. The Bertz CT molecular complexity index is 375. The van der Waals surface area contributed by atoms with Crippen molar-refractivity contribution in [2.45, 2.75) is 19.9 Å². The summed E-state index contributed by atoms with van der Waals surface area (Å²) in [5, 5.41) is 0. The van der Waals surface area contributed by atoms with Gasteiger partial charge in [0.2, 0.25) is 0 Å². The Labute approximate surface area is 94.5 Å². The topological polar surface area (TPSA) is 38.1 Å². The zero-order valence-corrected chi connectivity index (χ0v) is 10.0. The van der Waals surface area contributed by atoms with Crippen molar-refractivity contribution in [3.63, 3.8) is 0 Å². The number of anilines is 1. The van der Waals surface area contributed by atoms with Crippen molar-refractivity contribution in [3.05, 3.63) is 22.7 Å². The first-order valence-corrected chi connectivity index (χ1v) is 5.45. The van der Waals surface area contributed by atoms with E-state index in [1.807, 2.05) is 18.7 Å². The van der Waals surface area contributed by atoms with Gasteiger partial charge < -0.3 is 9.47 Å². The Kier molecular flexibility index (Phi) is 4.15. The fourth-order valence-corrected chi connectivity index (χ4v) is 1.56. The molecule has 5 heteroatoms. The molecule has 0 radical (unpaired) electrons. The van der Waals surface area contributed by atoms with E-state index in [9.17, 15) is 4.79 Å². The van der Waals surface area contributed by atoms with Crippen LogP contribution in [-0.2, 0) is 7.05 Å². The summed E-state index contributed by atoms with van der Waals surface area (Å²) in [7, 11) is 1.71. The van der Waals surface area contributed by atoms with E-state index in [2.05, 4.69) is 4.98 Å². The van der Waals surface area contributed by atoms with Crippen molar-refractivity contribution in [3.8, 4) is 0 Å². The van der Waals surface area contributed by atoms with Crippen LogP contribution < -0.4 is 10.5 Å². The van der Waals surface area contributed by atoms with Gasteiger partial charge in [-0.15, -0.1) is 11.6 Å². The van der Waals surface area contributed by atoms with E-state index in [1.54, 1.807) is 19.4 Å². The van der Waals surface area contributed by atoms with E-state index in [1.165, 1.54) is 4.57 Å². The van der Waals surface area contributed by atoms with Crippen molar-refractivity contribution < 1.29 is 0 Å². The summed E-state index contributed by atoms with van der Waals surface area (Å²) < 4.78 is 1.52. The summed E-state index contributed by atoms with van der Waals surface area (Å²) >= 11 is 5.70. The van der Waals surface area contributed by atoms with Gasteiger partial charge in [0.15, 0.2) is 5.82 Å². The van der Waals surface area contributed by atoms with Crippen LogP contribution in [0, 0.1) is 0 Å². The molecule has 0 bridgehead atoms. The van der Waals surface area contributed by atoms with Crippen molar-refractivity contribution in [1.82, 2.24) is 9.55 Å². The minimum absolute atomic E-state index is 0.0867. The number of rotatable bonds is 4. The highest BCUT2D eigenvalue weighted by atomic mass is 35.5. The molecule has 1 aromatic rings. The van der Waals surface area contributed by atoms with Gasteiger partial charge in [0, 0.05) is 37.9 Å². The van der Waals surface area contributed by atoms with Crippen LogP contribution in [0.25, 0.3) is 0 Å². The molecule has 0 amide bonds. The smallest absolute Gasteiger partial charge is 0.293 e. The quantitative estimate of drug-likeness (QED) is 0.729. The minimum Gasteiger partial charge on any atom is -0.348 e. The second-order valence-corrected chi connectivity index (χ2v) is 4.02. The largest absolute Gasteiger partial charge is 0.348 e. The molecule has 0 unspecified atom stereocenters. The van der Waals surface area contributed by atoms with E-state index in [0.717, 1.165) is 0 Å². The molecule has 0 aliphatic heterocycles. The zero-order chi connectivity index (χ0) is 11.4. The van der Waals surface area contributed by atoms with Gasteiger partial charge in [-0.2, -0.15) is 0 Å². The lowest BCUT2D eigenvalue weighted by Crippen LogP contribution is -2.38. The van der Waals surface area contributed by atoms with Gasteiger partial charge in [-0.05, 0) is 13.8 Å². The van der Waals surface area contributed by atoms with Crippen LogP contribution >= 0.6 is 11.6 Å². The molecule has 0 aliphatic carbocycles. The Hall–Kier alpha value is -1.03. The third-order valence-corrected chi connectivity index (χ3v) is 2.39. The van der Waals surface area contributed by atoms with Gasteiger partial charge >= 0.3 is 0 Å². The predicted octanol–water partition coefficient (Wildman–Crippen LogP) is 1.23. The van der Waals surface area contributed by atoms with Crippen LogP contribution in [0.3, 0.4) is 0 Å². The van der Waals surface area contributed by atoms with Crippen LogP contribution in [0.1, 0.15) is 13.8 Å². The first kappa shape index (κ1) is 12.0. The highest BCUT2D eigenvalue weighted by Crippen LogP contribution is 2.07. The zero-order valence-electron chi connectivity index (χ0n) is 9.27. The molecule has 0 spiro atoms. The lowest BCUT2D eigenvalue weighted by molar-refractivity contribution is 0.679. The highest BCUT2D eigenvalue weighted by molar-refractivity contribution is 6.18. The van der Waals surface area contributed by atoms with Crippen LogP contribution in [-0.4, -0.2) is 28.0 Å². The molecule has 0 atom stereocenters. The number of aryl methyl sites for hydroxylation is 1. The van der Waals surface area contributed by atoms with Gasteiger partial charge in [0.25, 0.3) is 5.56 Å². The van der Waals surface area contributed by atoms with Crippen LogP contribution in [0.4, 0.5) is 5.82 Å². The molecule has 1 aromatic heterocycles. The van der Waals surface area contributed by atoms with E-state index < -0.39 is 0 Å². The molecule has 0 saturated heterocycles. The molecule has 84 valence electrons. The summed E-state index contributed by atoms with van der Waals surface area (Å²) in [6, 6.07) is 0.214. The third-order valence-electron chi connectivity index (χ3n) is 2.22. The number of alkyl halides is 1. The second-order valence-electron chi connectivity index (χ2n) is 3.64. The van der Waals surface area contributed by atoms with E-state index in [-0.39, 0.29) is 11.6 Å². The molecule has 15 heavy (non-hydrogen) atoms. The lowest BCUT2D eigenvalue weighted by Gasteiger charge is -2.26. The standard InChI is InChI=1S/C10H16ClN3O/c1-8(2)14(6-4-11)9-10(15)13(3)7-5-12-9/h5,7-8H,4,6H2,1-3H3. The average Bonchev–Trinajstić information content (AvgIpc) is 2.19.